The molecule has 0 spiro atoms. The Bertz CT molecular complexity index is 497. The van der Waals surface area contributed by atoms with Gasteiger partial charge < -0.3 is 0 Å². The van der Waals surface area contributed by atoms with E-state index in [0.717, 1.165) is 10.9 Å². The first-order valence-corrected chi connectivity index (χ1v) is 4.33. The fraction of sp³-hybridized carbons (Fsp3) is 0. The van der Waals surface area contributed by atoms with E-state index in [9.17, 15) is 4.79 Å². The van der Waals surface area contributed by atoms with Crippen LogP contribution in [0.5, 0.6) is 0 Å². The molecule has 1 aromatic heterocycles. The van der Waals surface area contributed by atoms with Crippen molar-refractivity contribution in [2.24, 2.45) is 0 Å². The first-order valence-electron chi connectivity index (χ1n) is 4.33. The molecule has 0 aliphatic heterocycles. The van der Waals surface area contributed by atoms with Crippen molar-refractivity contribution in [3.8, 4) is 0 Å². The first-order chi connectivity index (χ1) is 6.83. The minimum atomic E-state index is -0.0886. The Labute approximate surface area is 81.9 Å². The van der Waals surface area contributed by atoms with Gasteiger partial charge in [-0.2, -0.15) is 0 Å². The molecule has 1 aromatic carbocycles. The van der Waals surface area contributed by atoms with Gasteiger partial charge in [0.15, 0.2) is 5.78 Å². The normalized spacial score (nSPS) is 10.0. The Hall–Kier alpha value is -1.96. The molecule has 0 bridgehead atoms. The molecule has 0 saturated carbocycles. The summed E-state index contributed by atoms with van der Waals surface area (Å²) in [5.74, 6) is -0.0886. The number of carbonyl (C=O) groups excluding carboxylic acids is 1. The monoisotopic (exact) mass is 183 g/mol. The summed E-state index contributed by atoms with van der Waals surface area (Å²) in [6.07, 6.45) is 2.99. The summed E-state index contributed by atoms with van der Waals surface area (Å²) < 4.78 is 0. The van der Waals surface area contributed by atoms with Crippen LogP contribution in [0.2, 0.25) is 0 Å². The highest BCUT2D eigenvalue weighted by Gasteiger charge is 2.06. The standard InChI is InChI=1S/C12H9NO/c1-2-11(14)10-7-3-5-9-6-4-8-13-12(9)10/h2-8H,1H2. The van der Waals surface area contributed by atoms with Gasteiger partial charge in [-0.15, -0.1) is 0 Å². The van der Waals surface area contributed by atoms with E-state index in [1.165, 1.54) is 6.08 Å². The molecule has 2 heteroatoms. The molecule has 2 nitrogen and oxygen atoms in total. The summed E-state index contributed by atoms with van der Waals surface area (Å²) in [4.78, 5) is 15.7. The molecule has 0 fully saturated rings. The van der Waals surface area contributed by atoms with E-state index in [1.54, 1.807) is 12.3 Å². The first kappa shape index (κ1) is 8.63. The second-order valence-electron chi connectivity index (χ2n) is 2.95. The average molecular weight is 183 g/mol. The maximum absolute atomic E-state index is 11.5. The summed E-state index contributed by atoms with van der Waals surface area (Å²) in [6, 6.07) is 9.33. The van der Waals surface area contributed by atoms with Crippen molar-refractivity contribution in [3.63, 3.8) is 0 Å². The number of ketones is 1. The number of nitrogens with zero attached hydrogens (tertiary/aromatic N) is 1. The van der Waals surface area contributed by atoms with Crippen LogP contribution in [-0.4, -0.2) is 10.8 Å². The Morgan fingerprint density at radius 3 is 2.86 bits per heavy atom. The highest BCUT2D eigenvalue weighted by Crippen LogP contribution is 2.16. The minimum absolute atomic E-state index is 0.0886. The Morgan fingerprint density at radius 1 is 1.29 bits per heavy atom. The second kappa shape index (κ2) is 3.42. The predicted octanol–water partition coefficient (Wildman–Crippen LogP) is 2.60. The van der Waals surface area contributed by atoms with Gasteiger partial charge in [0, 0.05) is 17.1 Å². The zero-order chi connectivity index (χ0) is 9.97. The summed E-state index contributed by atoms with van der Waals surface area (Å²) in [7, 11) is 0. The lowest BCUT2D eigenvalue weighted by atomic mass is 10.1. The summed E-state index contributed by atoms with van der Waals surface area (Å²) >= 11 is 0. The molecule has 2 aromatic rings. The van der Waals surface area contributed by atoms with Crippen molar-refractivity contribution in [1.29, 1.82) is 0 Å². The van der Waals surface area contributed by atoms with Gasteiger partial charge in [-0.05, 0) is 18.2 Å². The number of fused-ring (bicyclic) bond motifs is 1. The van der Waals surface area contributed by atoms with Gasteiger partial charge in [0.1, 0.15) is 0 Å². The van der Waals surface area contributed by atoms with E-state index in [4.69, 9.17) is 0 Å². The number of para-hydroxylation sites is 1. The van der Waals surface area contributed by atoms with Crippen LogP contribution >= 0.6 is 0 Å². The van der Waals surface area contributed by atoms with E-state index in [0.29, 0.717) is 5.56 Å². The largest absolute Gasteiger partial charge is 0.289 e. The molecule has 2 rings (SSSR count). The lowest BCUT2D eigenvalue weighted by molar-refractivity contribution is 0.104. The number of carbonyl (C=O) groups is 1. The van der Waals surface area contributed by atoms with Gasteiger partial charge in [-0.3, -0.25) is 9.78 Å². The van der Waals surface area contributed by atoms with Crippen LogP contribution in [0, 0.1) is 0 Å². The number of benzene rings is 1. The van der Waals surface area contributed by atoms with Crippen LogP contribution < -0.4 is 0 Å². The third-order valence-electron chi connectivity index (χ3n) is 2.08. The van der Waals surface area contributed by atoms with Crippen LogP contribution in [0.3, 0.4) is 0 Å². The van der Waals surface area contributed by atoms with Crippen molar-refractivity contribution in [1.82, 2.24) is 4.98 Å². The van der Waals surface area contributed by atoms with E-state index in [1.807, 2.05) is 24.3 Å². The highest BCUT2D eigenvalue weighted by atomic mass is 16.1. The van der Waals surface area contributed by atoms with Crippen molar-refractivity contribution in [3.05, 3.63) is 54.7 Å². The number of hydrogen-bond acceptors (Lipinski definition) is 2. The summed E-state index contributed by atoms with van der Waals surface area (Å²) in [6.45, 7) is 3.47. The van der Waals surface area contributed by atoms with Crippen LogP contribution in [0.15, 0.2) is 49.2 Å². The zero-order valence-electron chi connectivity index (χ0n) is 7.60. The fourth-order valence-corrected chi connectivity index (χ4v) is 1.41. The van der Waals surface area contributed by atoms with Crippen LogP contribution in [-0.2, 0) is 0 Å². The van der Waals surface area contributed by atoms with Gasteiger partial charge in [-0.1, -0.05) is 24.8 Å². The molecule has 0 unspecified atom stereocenters. The number of pyridine rings is 1. The van der Waals surface area contributed by atoms with Crippen LogP contribution in [0.1, 0.15) is 10.4 Å². The molecule has 0 N–H and O–H groups in total. The van der Waals surface area contributed by atoms with Gasteiger partial charge in [-0.25, -0.2) is 0 Å². The lowest BCUT2D eigenvalue weighted by Gasteiger charge is -2.00. The molecule has 0 atom stereocenters. The van der Waals surface area contributed by atoms with Crippen molar-refractivity contribution < 1.29 is 4.79 Å². The predicted molar refractivity (Wildman–Crippen MR) is 56.3 cm³/mol. The van der Waals surface area contributed by atoms with E-state index >= 15 is 0 Å². The molecule has 0 saturated heterocycles. The zero-order valence-corrected chi connectivity index (χ0v) is 7.60. The summed E-state index contributed by atoms with van der Waals surface area (Å²) in [5.41, 5.74) is 1.35. The topological polar surface area (TPSA) is 30.0 Å². The van der Waals surface area contributed by atoms with E-state index < -0.39 is 0 Å². The van der Waals surface area contributed by atoms with Crippen molar-refractivity contribution in [2.45, 2.75) is 0 Å². The number of rotatable bonds is 2. The van der Waals surface area contributed by atoms with Crippen LogP contribution in [0.4, 0.5) is 0 Å². The Kier molecular flexibility index (Phi) is 2.11. The molecule has 0 aliphatic rings. The number of hydrogen-bond donors (Lipinski definition) is 0. The van der Waals surface area contributed by atoms with E-state index in [2.05, 4.69) is 11.6 Å². The Morgan fingerprint density at radius 2 is 2.07 bits per heavy atom. The molecule has 14 heavy (non-hydrogen) atoms. The third-order valence-corrected chi connectivity index (χ3v) is 2.08. The Balaban J connectivity index is 2.77. The number of aromatic nitrogens is 1. The highest BCUT2D eigenvalue weighted by molar-refractivity contribution is 6.11. The quantitative estimate of drug-likeness (QED) is 0.529. The molecular weight excluding hydrogens is 174 g/mol. The fourth-order valence-electron chi connectivity index (χ4n) is 1.41. The summed E-state index contributed by atoms with van der Waals surface area (Å²) in [5, 5.41) is 0.972. The second-order valence-corrected chi connectivity index (χ2v) is 2.95. The molecule has 1 heterocycles. The SMILES string of the molecule is C=CC(=O)c1cccc2cccnc12. The van der Waals surface area contributed by atoms with Gasteiger partial charge >= 0.3 is 0 Å². The maximum Gasteiger partial charge on any atom is 0.187 e. The average Bonchev–Trinajstić information content (AvgIpc) is 2.27. The minimum Gasteiger partial charge on any atom is -0.289 e. The van der Waals surface area contributed by atoms with Crippen LogP contribution in [0.25, 0.3) is 10.9 Å². The lowest BCUT2D eigenvalue weighted by Crippen LogP contribution is -1.96. The smallest absolute Gasteiger partial charge is 0.187 e. The molecule has 68 valence electrons. The maximum atomic E-state index is 11.5. The molecule has 0 amide bonds. The molecule has 0 radical (unpaired) electrons. The van der Waals surface area contributed by atoms with Gasteiger partial charge in [0.25, 0.3) is 0 Å². The third kappa shape index (κ3) is 1.31. The van der Waals surface area contributed by atoms with Gasteiger partial charge in [0.05, 0.1) is 5.52 Å². The molecular formula is C12H9NO. The van der Waals surface area contributed by atoms with Gasteiger partial charge in [0.2, 0.25) is 0 Å². The van der Waals surface area contributed by atoms with Crippen molar-refractivity contribution in [2.75, 3.05) is 0 Å². The number of allylic oxidation sites excluding steroid dienone is 1. The van der Waals surface area contributed by atoms with E-state index in [-0.39, 0.29) is 5.78 Å². The van der Waals surface area contributed by atoms with Crippen molar-refractivity contribution >= 4 is 16.7 Å². The molecule has 0 aliphatic carbocycles.